The molecule has 0 fully saturated rings. The average Bonchev–Trinajstić information content (AvgIpc) is 2.62. The van der Waals surface area contributed by atoms with Crippen LogP contribution in [0.15, 0.2) is 41.2 Å². The minimum atomic E-state index is -0.547. The van der Waals surface area contributed by atoms with Crippen molar-refractivity contribution in [2.45, 2.75) is 39.1 Å². The van der Waals surface area contributed by atoms with Crippen molar-refractivity contribution in [3.8, 4) is 0 Å². The fourth-order valence-electron chi connectivity index (χ4n) is 3.12. The topological polar surface area (TPSA) is 67.6 Å². The first-order valence-electron chi connectivity index (χ1n) is 8.77. The summed E-state index contributed by atoms with van der Waals surface area (Å²) in [6.45, 7) is 5.32. The van der Waals surface area contributed by atoms with Crippen molar-refractivity contribution in [1.29, 1.82) is 0 Å². The normalized spacial score (nSPS) is 15.8. The van der Waals surface area contributed by atoms with Crippen LogP contribution in [0, 0.1) is 0 Å². The van der Waals surface area contributed by atoms with Gasteiger partial charge in [-0.15, -0.1) is 0 Å². The lowest BCUT2D eigenvalue weighted by molar-refractivity contribution is 0.00757. The molecular weight excluding hydrogens is 318 g/mol. The molecule has 0 saturated carbocycles. The molecule has 0 unspecified atom stereocenters. The molecule has 0 spiro atoms. The summed E-state index contributed by atoms with van der Waals surface area (Å²) in [7, 11) is 0. The molecule has 6 heteroatoms. The van der Waals surface area contributed by atoms with Crippen LogP contribution in [0.1, 0.15) is 23.7 Å². The van der Waals surface area contributed by atoms with Crippen LogP contribution in [0.2, 0.25) is 0 Å². The summed E-state index contributed by atoms with van der Waals surface area (Å²) < 4.78 is 7.10. The van der Waals surface area contributed by atoms with Gasteiger partial charge in [-0.2, -0.15) is 5.10 Å². The lowest BCUT2D eigenvalue weighted by Gasteiger charge is -2.29. The number of rotatable bonds is 7. The second-order valence-corrected chi connectivity index (χ2v) is 6.41. The van der Waals surface area contributed by atoms with Crippen molar-refractivity contribution in [2.24, 2.45) is 0 Å². The third kappa shape index (κ3) is 4.75. The number of aromatic nitrogens is 2. The summed E-state index contributed by atoms with van der Waals surface area (Å²) in [5.74, 6) is 0. The van der Waals surface area contributed by atoms with Crippen LogP contribution in [-0.2, 0) is 30.9 Å². The fraction of sp³-hybridized carbons (Fsp3) is 0.474. The maximum atomic E-state index is 11.9. The number of fused-ring (bicyclic) bond motifs is 1. The summed E-state index contributed by atoms with van der Waals surface area (Å²) in [6.07, 6.45) is 0.252. The molecule has 0 amide bonds. The predicted molar refractivity (Wildman–Crippen MR) is 95.3 cm³/mol. The number of aryl methyl sites for hydroxylation is 1. The van der Waals surface area contributed by atoms with E-state index in [0.717, 1.165) is 29.8 Å². The maximum Gasteiger partial charge on any atom is 0.267 e. The molecule has 25 heavy (non-hydrogen) atoms. The highest BCUT2D eigenvalue weighted by Crippen LogP contribution is 2.15. The van der Waals surface area contributed by atoms with Crippen molar-refractivity contribution in [3.05, 3.63) is 63.6 Å². The van der Waals surface area contributed by atoms with Gasteiger partial charge in [0.2, 0.25) is 0 Å². The van der Waals surface area contributed by atoms with E-state index in [1.807, 2.05) is 37.3 Å². The van der Waals surface area contributed by atoms with Crippen LogP contribution in [0.25, 0.3) is 0 Å². The number of nitrogens with zero attached hydrogens (tertiary/aromatic N) is 3. The van der Waals surface area contributed by atoms with E-state index < -0.39 is 6.10 Å². The van der Waals surface area contributed by atoms with Crippen LogP contribution >= 0.6 is 0 Å². The first-order chi connectivity index (χ1) is 12.2. The van der Waals surface area contributed by atoms with Crippen molar-refractivity contribution >= 4 is 0 Å². The Balaban J connectivity index is 1.49. The van der Waals surface area contributed by atoms with E-state index in [2.05, 4.69) is 10.00 Å². The monoisotopic (exact) mass is 343 g/mol. The molecule has 1 aliphatic heterocycles. The minimum Gasteiger partial charge on any atom is -0.389 e. The number of hydrogen-bond donors (Lipinski definition) is 1. The lowest BCUT2D eigenvalue weighted by atomic mass is 10.1. The molecule has 3 rings (SSSR count). The van der Waals surface area contributed by atoms with Gasteiger partial charge in [-0.1, -0.05) is 30.3 Å². The molecule has 1 aromatic heterocycles. The van der Waals surface area contributed by atoms with Gasteiger partial charge in [0.1, 0.15) is 0 Å². The van der Waals surface area contributed by atoms with Crippen molar-refractivity contribution < 1.29 is 9.84 Å². The Bertz CT molecular complexity index is 745. The molecule has 0 radical (unpaired) electrons. The van der Waals surface area contributed by atoms with Gasteiger partial charge in [0.25, 0.3) is 5.56 Å². The standard InChI is InChI=1S/C19H25N3O3/c1-2-22-19(24)10-16-11-21(9-8-18(16)20-22)12-17(23)14-25-13-15-6-4-3-5-7-15/h3-7,10,17,23H,2,8-9,11-14H2,1H3/t17-/m1/s1. The Morgan fingerprint density at radius 2 is 2.12 bits per heavy atom. The summed E-state index contributed by atoms with van der Waals surface area (Å²) in [6, 6.07) is 11.6. The number of aliphatic hydroxyl groups excluding tert-OH is 1. The second-order valence-electron chi connectivity index (χ2n) is 6.41. The highest BCUT2D eigenvalue weighted by atomic mass is 16.5. The highest BCUT2D eigenvalue weighted by molar-refractivity contribution is 5.20. The van der Waals surface area contributed by atoms with E-state index >= 15 is 0 Å². The summed E-state index contributed by atoms with van der Waals surface area (Å²) in [5.41, 5.74) is 3.00. The molecule has 0 saturated heterocycles. The number of β-amino-alcohol motifs (C(OH)–C–C–N with tert-alkyl or cyclic N) is 1. The number of benzene rings is 1. The largest absolute Gasteiger partial charge is 0.389 e. The van der Waals surface area contributed by atoms with Crippen LogP contribution in [0.3, 0.4) is 0 Å². The van der Waals surface area contributed by atoms with E-state index in [9.17, 15) is 9.90 Å². The smallest absolute Gasteiger partial charge is 0.267 e. The van der Waals surface area contributed by atoms with Gasteiger partial charge in [0, 0.05) is 38.7 Å². The van der Waals surface area contributed by atoms with Crippen LogP contribution < -0.4 is 5.56 Å². The van der Waals surface area contributed by atoms with Crippen LogP contribution in [-0.4, -0.2) is 45.6 Å². The van der Waals surface area contributed by atoms with Crippen molar-refractivity contribution in [2.75, 3.05) is 19.7 Å². The predicted octanol–water partition coefficient (Wildman–Crippen LogP) is 1.20. The Morgan fingerprint density at radius 3 is 2.88 bits per heavy atom. The van der Waals surface area contributed by atoms with E-state index in [4.69, 9.17) is 4.74 Å². The van der Waals surface area contributed by atoms with Gasteiger partial charge >= 0.3 is 0 Å². The Morgan fingerprint density at radius 1 is 1.32 bits per heavy atom. The van der Waals surface area contributed by atoms with Gasteiger partial charge in [0.05, 0.1) is 25.0 Å². The third-order valence-electron chi connectivity index (χ3n) is 4.41. The quantitative estimate of drug-likeness (QED) is 0.818. The molecule has 1 atom stereocenters. The first-order valence-corrected chi connectivity index (χ1v) is 8.77. The zero-order valence-electron chi connectivity index (χ0n) is 14.6. The highest BCUT2D eigenvalue weighted by Gasteiger charge is 2.21. The van der Waals surface area contributed by atoms with E-state index in [1.54, 1.807) is 6.07 Å². The van der Waals surface area contributed by atoms with Gasteiger partial charge in [0.15, 0.2) is 0 Å². The SMILES string of the molecule is CCn1nc2c(cc1=O)CN(C[C@@H](O)COCc1ccccc1)CC2. The molecule has 1 N–H and O–H groups in total. The van der Waals surface area contributed by atoms with Gasteiger partial charge in [-0.3, -0.25) is 9.69 Å². The zero-order chi connectivity index (χ0) is 17.6. The number of ether oxygens (including phenoxy) is 1. The summed E-state index contributed by atoms with van der Waals surface area (Å²) >= 11 is 0. The molecule has 0 aliphatic carbocycles. The summed E-state index contributed by atoms with van der Waals surface area (Å²) in [4.78, 5) is 14.1. The third-order valence-corrected chi connectivity index (χ3v) is 4.41. The Labute approximate surface area is 147 Å². The number of aliphatic hydroxyl groups is 1. The Kier molecular flexibility index (Phi) is 5.96. The van der Waals surface area contributed by atoms with Crippen LogP contribution in [0.5, 0.6) is 0 Å². The van der Waals surface area contributed by atoms with Crippen molar-refractivity contribution in [1.82, 2.24) is 14.7 Å². The molecule has 134 valence electrons. The number of hydrogen-bond acceptors (Lipinski definition) is 5. The molecular formula is C19H25N3O3. The van der Waals surface area contributed by atoms with E-state index in [-0.39, 0.29) is 5.56 Å². The maximum absolute atomic E-state index is 11.9. The first kappa shape index (κ1) is 17.8. The average molecular weight is 343 g/mol. The van der Waals surface area contributed by atoms with E-state index in [1.165, 1.54) is 4.68 Å². The molecule has 2 heterocycles. The molecule has 0 bridgehead atoms. The minimum absolute atomic E-state index is 0.0603. The fourth-order valence-corrected chi connectivity index (χ4v) is 3.12. The molecule has 6 nitrogen and oxygen atoms in total. The second kappa shape index (κ2) is 8.38. The zero-order valence-corrected chi connectivity index (χ0v) is 14.6. The van der Waals surface area contributed by atoms with Crippen LogP contribution in [0.4, 0.5) is 0 Å². The molecule has 1 aliphatic rings. The molecule has 1 aromatic carbocycles. The van der Waals surface area contributed by atoms with E-state index in [0.29, 0.717) is 32.8 Å². The van der Waals surface area contributed by atoms with Gasteiger partial charge in [-0.25, -0.2) is 4.68 Å². The van der Waals surface area contributed by atoms with Crippen molar-refractivity contribution in [3.63, 3.8) is 0 Å². The van der Waals surface area contributed by atoms with Gasteiger partial charge in [-0.05, 0) is 18.1 Å². The van der Waals surface area contributed by atoms with Gasteiger partial charge < -0.3 is 9.84 Å². The Hall–Kier alpha value is -2.02. The lowest BCUT2D eigenvalue weighted by Crippen LogP contribution is -2.40. The molecule has 2 aromatic rings. The summed E-state index contributed by atoms with van der Waals surface area (Å²) in [5, 5.41) is 14.6.